The van der Waals surface area contributed by atoms with Gasteiger partial charge < -0.3 is 4.90 Å². The lowest BCUT2D eigenvalue weighted by molar-refractivity contribution is 0.448. The molecule has 1 aliphatic heterocycles. The van der Waals surface area contributed by atoms with Gasteiger partial charge in [-0.25, -0.2) is 4.98 Å². The van der Waals surface area contributed by atoms with Gasteiger partial charge in [0.05, 0.1) is 0 Å². The van der Waals surface area contributed by atoms with Crippen molar-refractivity contribution in [1.82, 2.24) is 4.98 Å². The average Bonchev–Trinajstić information content (AvgIpc) is 2.29. The van der Waals surface area contributed by atoms with Crippen LogP contribution in [0.3, 0.4) is 0 Å². The normalized spacial score (nSPS) is 21.7. The highest BCUT2D eigenvalue weighted by molar-refractivity contribution is 6.18. The van der Waals surface area contributed by atoms with E-state index < -0.39 is 0 Å². The molecule has 0 spiro atoms. The molecule has 0 N–H and O–H groups in total. The molecule has 3 heteroatoms. The van der Waals surface area contributed by atoms with Crippen molar-refractivity contribution in [3.05, 3.63) is 23.9 Å². The number of hydrogen-bond donors (Lipinski definition) is 0. The van der Waals surface area contributed by atoms with Crippen molar-refractivity contribution in [2.24, 2.45) is 5.92 Å². The van der Waals surface area contributed by atoms with Gasteiger partial charge in [0.25, 0.3) is 0 Å². The predicted molar refractivity (Wildman–Crippen MR) is 64.6 cm³/mol. The quantitative estimate of drug-likeness (QED) is 0.719. The van der Waals surface area contributed by atoms with Gasteiger partial charge in [0.15, 0.2) is 0 Å². The fourth-order valence-electron chi connectivity index (χ4n) is 2.10. The topological polar surface area (TPSA) is 16.1 Å². The summed E-state index contributed by atoms with van der Waals surface area (Å²) in [7, 11) is 0. The van der Waals surface area contributed by atoms with E-state index in [1.165, 1.54) is 12.8 Å². The van der Waals surface area contributed by atoms with Crippen LogP contribution in [-0.4, -0.2) is 24.0 Å². The number of aryl methyl sites for hydroxylation is 1. The molecule has 0 bridgehead atoms. The second-order valence-electron chi connectivity index (χ2n) is 4.25. The molecule has 1 saturated heterocycles. The molecule has 0 aromatic carbocycles. The fourth-order valence-corrected chi connectivity index (χ4v) is 2.36. The number of pyridine rings is 1. The minimum atomic E-state index is 0.628. The number of anilines is 1. The second-order valence-corrected chi connectivity index (χ2v) is 4.55. The molecule has 2 rings (SSSR count). The molecule has 0 radical (unpaired) electrons. The number of hydrogen-bond acceptors (Lipinski definition) is 2. The Morgan fingerprint density at radius 1 is 1.53 bits per heavy atom. The standard InChI is InChI=1S/C12H17ClN2/c1-10-4-2-6-12(14-10)15-7-3-5-11(8-13)9-15/h2,4,6,11H,3,5,7-9H2,1H3. The number of aromatic nitrogens is 1. The molecular formula is C12H17ClN2. The first kappa shape index (κ1) is 10.7. The number of piperidine rings is 1. The van der Waals surface area contributed by atoms with Crippen molar-refractivity contribution in [3.8, 4) is 0 Å². The summed E-state index contributed by atoms with van der Waals surface area (Å²) in [4.78, 5) is 6.90. The zero-order chi connectivity index (χ0) is 10.7. The first-order valence-corrected chi connectivity index (χ1v) is 6.07. The number of alkyl halides is 1. The van der Waals surface area contributed by atoms with E-state index in [1.54, 1.807) is 0 Å². The van der Waals surface area contributed by atoms with Gasteiger partial charge >= 0.3 is 0 Å². The average molecular weight is 225 g/mol. The van der Waals surface area contributed by atoms with Crippen LogP contribution < -0.4 is 4.90 Å². The summed E-state index contributed by atoms with van der Waals surface area (Å²) < 4.78 is 0. The molecule has 15 heavy (non-hydrogen) atoms. The summed E-state index contributed by atoms with van der Waals surface area (Å²) in [6.07, 6.45) is 2.48. The van der Waals surface area contributed by atoms with Crippen molar-refractivity contribution in [2.75, 3.05) is 23.9 Å². The first-order valence-electron chi connectivity index (χ1n) is 5.54. The van der Waals surface area contributed by atoms with Crippen LogP contribution in [0, 0.1) is 12.8 Å². The second kappa shape index (κ2) is 4.84. The highest BCUT2D eigenvalue weighted by Crippen LogP contribution is 2.22. The van der Waals surface area contributed by atoms with Crippen molar-refractivity contribution in [3.63, 3.8) is 0 Å². The molecule has 0 aliphatic carbocycles. The van der Waals surface area contributed by atoms with Gasteiger partial charge in [-0.2, -0.15) is 0 Å². The smallest absolute Gasteiger partial charge is 0.128 e. The maximum absolute atomic E-state index is 5.92. The molecule has 1 aromatic rings. The van der Waals surface area contributed by atoms with Crippen LogP contribution in [0.1, 0.15) is 18.5 Å². The van der Waals surface area contributed by atoms with E-state index in [1.807, 2.05) is 13.0 Å². The number of nitrogens with zero attached hydrogens (tertiary/aromatic N) is 2. The summed E-state index contributed by atoms with van der Waals surface area (Å²) in [5, 5.41) is 0. The lowest BCUT2D eigenvalue weighted by Gasteiger charge is -2.32. The summed E-state index contributed by atoms with van der Waals surface area (Å²) >= 11 is 5.92. The Hall–Kier alpha value is -0.760. The van der Waals surface area contributed by atoms with E-state index in [9.17, 15) is 0 Å². The van der Waals surface area contributed by atoms with Crippen LogP contribution in [0.2, 0.25) is 0 Å². The fraction of sp³-hybridized carbons (Fsp3) is 0.583. The van der Waals surface area contributed by atoms with E-state index in [4.69, 9.17) is 11.6 Å². The van der Waals surface area contributed by atoms with Crippen molar-refractivity contribution < 1.29 is 0 Å². The Bertz CT molecular complexity index is 327. The third-order valence-corrected chi connectivity index (χ3v) is 3.37. The van der Waals surface area contributed by atoms with Gasteiger partial charge in [-0.15, -0.1) is 11.6 Å². The van der Waals surface area contributed by atoms with Gasteiger partial charge in [0, 0.05) is 24.7 Å². The van der Waals surface area contributed by atoms with Gasteiger partial charge in [-0.05, 0) is 37.8 Å². The minimum absolute atomic E-state index is 0.628. The summed E-state index contributed by atoms with van der Waals surface area (Å²) in [6.45, 7) is 4.20. The molecule has 1 aromatic heterocycles. The molecular weight excluding hydrogens is 208 g/mol. The zero-order valence-corrected chi connectivity index (χ0v) is 9.87. The predicted octanol–water partition coefficient (Wildman–Crippen LogP) is 2.85. The number of rotatable bonds is 2. The van der Waals surface area contributed by atoms with Crippen LogP contribution in [0.25, 0.3) is 0 Å². The number of halogens is 1. The minimum Gasteiger partial charge on any atom is -0.356 e. The summed E-state index contributed by atoms with van der Waals surface area (Å²) in [5.41, 5.74) is 1.08. The third-order valence-electron chi connectivity index (χ3n) is 2.93. The molecule has 2 nitrogen and oxygen atoms in total. The SMILES string of the molecule is Cc1cccc(N2CCCC(CCl)C2)n1. The van der Waals surface area contributed by atoms with Crippen LogP contribution in [0.15, 0.2) is 18.2 Å². The van der Waals surface area contributed by atoms with E-state index >= 15 is 0 Å². The van der Waals surface area contributed by atoms with Crippen molar-refractivity contribution in [1.29, 1.82) is 0 Å². The van der Waals surface area contributed by atoms with Crippen molar-refractivity contribution >= 4 is 17.4 Å². The Labute approximate surface area is 96.3 Å². The molecule has 82 valence electrons. The third kappa shape index (κ3) is 2.63. The Morgan fingerprint density at radius 3 is 3.13 bits per heavy atom. The van der Waals surface area contributed by atoms with E-state index in [-0.39, 0.29) is 0 Å². The van der Waals surface area contributed by atoms with E-state index in [0.717, 1.165) is 30.5 Å². The van der Waals surface area contributed by atoms with E-state index in [2.05, 4.69) is 22.0 Å². The van der Waals surface area contributed by atoms with Crippen LogP contribution in [-0.2, 0) is 0 Å². The molecule has 2 heterocycles. The van der Waals surface area contributed by atoms with Gasteiger partial charge in [-0.3, -0.25) is 0 Å². The van der Waals surface area contributed by atoms with Gasteiger partial charge in [0.1, 0.15) is 5.82 Å². The first-order chi connectivity index (χ1) is 7.29. The lowest BCUT2D eigenvalue weighted by Crippen LogP contribution is -2.36. The largest absolute Gasteiger partial charge is 0.356 e. The van der Waals surface area contributed by atoms with Crippen molar-refractivity contribution in [2.45, 2.75) is 19.8 Å². The van der Waals surface area contributed by atoms with Crippen LogP contribution in [0.5, 0.6) is 0 Å². The molecule has 1 atom stereocenters. The van der Waals surface area contributed by atoms with E-state index in [0.29, 0.717) is 5.92 Å². The molecule has 0 amide bonds. The monoisotopic (exact) mass is 224 g/mol. The Balaban J connectivity index is 2.09. The molecule has 1 unspecified atom stereocenters. The lowest BCUT2D eigenvalue weighted by atomic mass is 10.0. The summed E-state index contributed by atoms with van der Waals surface area (Å²) in [6, 6.07) is 6.19. The highest BCUT2D eigenvalue weighted by atomic mass is 35.5. The Morgan fingerprint density at radius 2 is 2.40 bits per heavy atom. The summed E-state index contributed by atoms with van der Waals surface area (Å²) in [5.74, 6) is 2.50. The maximum atomic E-state index is 5.92. The zero-order valence-electron chi connectivity index (χ0n) is 9.12. The van der Waals surface area contributed by atoms with Gasteiger partial charge in [-0.1, -0.05) is 6.07 Å². The van der Waals surface area contributed by atoms with Gasteiger partial charge in [0.2, 0.25) is 0 Å². The molecule has 0 saturated carbocycles. The molecule has 1 aliphatic rings. The maximum Gasteiger partial charge on any atom is 0.128 e. The Kier molecular flexibility index (Phi) is 3.47. The van der Waals surface area contributed by atoms with Crippen LogP contribution in [0.4, 0.5) is 5.82 Å². The highest BCUT2D eigenvalue weighted by Gasteiger charge is 2.19. The molecule has 1 fully saturated rings. The van der Waals surface area contributed by atoms with Crippen LogP contribution >= 0.6 is 11.6 Å².